The highest BCUT2D eigenvalue weighted by Gasteiger charge is 2.13. The third kappa shape index (κ3) is 3.64. The first-order chi connectivity index (χ1) is 12.5. The fraction of sp³-hybridized carbons (Fsp3) is 0.300. The number of nitrogens with zero attached hydrogens (tertiary/aromatic N) is 2. The second kappa shape index (κ2) is 7.47. The van der Waals surface area contributed by atoms with Crippen molar-refractivity contribution in [2.45, 2.75) is 27.4 Å². The van der Waals surface area contributed by atoms with Crippen LogP contribution in [0.1, 0.15) is 22.6 Å². The smallest absolute Gasteiger partial charge is 0.254 e. The average Bonchev–Trinajstić information content (AvgIpc) is 3.09. The first-order valence-corrected chi connectivity index (χ1v) is 8.27. The molecule has 136 valence electrons. The summed E-state index contributed by atoms with van der Waals surface area (Å²) >= 11 is 0. The topological polar surface area (TPSA) is 66.6 Å². The summed E-state index contributed by atoms with van der Waals surface area (Å²) in [7, 11) is 3.18. The van der Waals surface area contributed by atoms with Crippen LogP contribution in [-0.2, 0) is 6.61 Å². The van der Waals surface area contributed by atoms with Crippen LogP contribution in [0.5, 0.6) is 17.2 Å². The maximum atomic E-state index is 5.90. The summed E-state index contributed by atoms with van der Waals surface area (Å²) in [6.45, 7) is 6.33. The van der Waals surface area contributed by atoms with Gasteiger partial charge >= 0.3 is 0 Å². The van der Waals surface area contributed by atoms with E-state index >= 15 is 0 Å². The van der Waals surface area contributed by atoms with E-state index < -0.39 is 0 Å². The molecule has 3 aromatic rings. The fourth-order valence-electron chi connectivity index (χ4n) is 2.93. The Morgan fingerprint density at radius 2 is 1.58 bits per heavy atom. The quantitative estimate of drug-likeness (QED) is 0.659. The molecule has 0 unspecified atom stereocenters. The van der Waals surface area contributed by atoms with Crippen LogP contribution < -0.4 is 14.2 Å². The molecule has 0 bridgehead atoms. The van der Waals surface area contributed by atoms with Crippen LogP contribution in [0.15, 0.2) is 34.7 Å². The van der Waals surface area contributed by atoms with Crippen molar-refractivity contribution in [3.8, 4) is 28.7 Å². The number of rotatable bonds is 6. The molecule has 0 spiro atoms. The summed E-state index contributed by atoms with van der Waals surface area (Å²) in [5.41, 5.74) is 4.13. The summed E-state index contributed by atoms with van der Waals surface area (Å²) in [6.07, 6.45) is 0. The molecule has 2 aromatic carbocycles. The van der Waals surface area contributed by atoms with Crippen molar-refractivity contribution in [3.63, 3.8) is 0 Å². The van der Waals surface area contributed by atoms with E-state index in [1.165, 1.54) is 5.56 Å². The van der Waals surface area contributed by atoms with Crippen molar-refractivity contribution < 1.29 is 18.6 Å². The predicted molar refractivity (Wildman–Crippen MR) is 97.8 cm³/mol. The number of benzene rings is 2. The van der Waals surface area contributed by atoms with Crippen LogP contribution in [0.2, 0.25) is 0 Å². The molecule has 0 aliphatic rings. The monoisotopic (exact) mass is 354 g/mol. The molecule has 6 nitrogen and oxygen atoms in total. The van der Waals surface area contributed by atoms with E-state index in [1.807, 2.05) is 19.9 Å². The van der Waals surface area contributed by atoms with Crippen LogP contribution in [0, 0.1) is 20.8 Å². The van der Waals surface area contributed by atoms with Gasteiger partial charge in [0.05, 0.1) is 14.2 Å². The highest BCUT2D eigenvalue weighted by Crippen LogP contribution is 2.32. The normalized spacial score (nSPS) is 10.7. The minimum absolute atomic E-state index is 0.213. The van der Waals surface area contributed by atoms with Crippen LogP contribution >= 0.6 is 0 Å². The van der Waals surface area contributed by atoms with Gasteiger partial charge in [-0.3, -0.25) is 0 Å². The highest BCUT2D eigenvalue weighted by molar-refractivity contribution is 5.59. The first-order valence-electron chi connectivity index (χ1n) is 8.27. The van der Waals surface area contributed by atoms with Crippen molar-refractivity contribution in [2.75, 3.05) is 14.2 Å². The Hall–Kier alpha value is -3.02. The van der Waals surface area contributed by atoms with Gasteiger partial charge in [-0.2, -0.15) is 0 Å². The molecule has 0 amide bonds. The molecule has 1 aromatic heterocycles. The predicted octanol–water partition coefficient (Wildman–Crippen LogP) is 4.26. The molecule has 0 atom stereocenters. The molecule has 0 saturated carbocycles. The van der Waals surface area contributed by atoms with Crippen molar-refractivity contribution in [1.82, 2.24) is 10.2 Å². The summed E-state index contributed by atoms with van der Waals surface area (Å²) in [4.78, 5) is 0. The van der Waals surface area contributed by atoms with Crippen LogP contribution in [0.25, 0.3) is 11.5 Å². The molecule has 0 fully saturated rings. The number of hydrogen-bond acceptors (Lipinski definition) is 6. The standard InChI is InChI=1S/C20H22N2O4/c1-12-8-13(2)19(14(3)9-12)25-11-18-21-22-20(26-18)15-6-7-16(23-4)17(10-15)24-5/h6-10H,11H2,1-5H3. The van der Waals surface area contributed by atoms with E-state index in [-0.39, 0.29) is 6.61 Å². The van der Waals surface area contributed by atoms with E-state index in [0.29, 0.717) is 23.3 Å². The van der Waals surface area contributed by atoms with Gasteiger partial charge in [-0.25, -0.2) is 0 Å². The lowest BCUT2D eigenvalue weighted by atomic mass is 10.1. The summed E-state index contributed by atoms with van der Waals surface area (Å²) in [6, 6.07) is 9.61. The van der Waals surface area contributed by atoms with Gasteiger partial charge in [0.1, 0.15) is 5.75 Å². The molecule has 26 heavy (non-hydrogen) atoms. The van der Waals surface area contributed by atoms with E-state index in [1.54, 1.807) is 26.4 Å². The maximum absolute atomic E-state index is 5.90. The van der Waals surface area contributed by atoms with Crippen LogP contribution in [0.4, 0.5) is 0 Å². The van der Waals surface area contributed by atoms with E-state index in [0.717, 1.165) is 22.4 Å². The van der Waals surface area contributed by atoms with Crippen LogP contribution in [0.3, 0.4) is 0 Å². The van der Waals surface area contributed by atoms with Gasteiger partial charge in [-0.15, -0.1) is 10.2 Å². The van der Waals surface area contributed by atoms with Gasteiger partial charge in [-0.1, -0.05) is 17.7 Å². The Morgan fingerprint density at radius 3 is 2.23 bits per heavy atom. The lowest BCUT2D eigenvalue weighted by Crippen LogP contribution is -1.99. The minimum Gasteiger partial charge on any atom is -0.493 e. The molecule has 1 heterocycles. The third-order valence-electron chi connectivity index (χ3n) is 4.04. The molecular weight excluding hydrogens is 332 g/mol. The summed E-state index contributed by atoms with van der Waals surface area (Å²) < 4.78 is 22.2. The van der Waals surface area contributed by atoms with Crippen molar-refractivity contribution in [2.24, 2.45) is 0 Å². The number of ether oxygens (including phenoxy) is 3. The summed E-state index contributed by atoms with van der Waals surface area (Å²) in [5.74, 6) is 2.91. The Kier molecular flexibility index (Phi) is 5.11. The second-order valence-corrected chi connectivity index (χ2v) is 6.09. The SMILES string of the molecule is COc1ccc(-c2nnc(COc3c(C)cc(C)cc3C)o2)cc1OC. The number of aryl methyl sites for hydroxylation is 3. The number of hydrogen-bond donors (Lipinski definition) is 0. The Labute approximate surface area is 152 Å². The average molecular weight is 354 g/mol. The number of methoxy groups -OCH3 is 2. The minimum atomic E-state index is 0.213. The molecule has 6 heteroatoms. The Balaban J connectivity index is 1.77. The maximum Gasteiger partial charge on any atom is 0.254 e. The third-order valence-corrected chi connectivity index (χ3v) is 4.04. The van der Waals surface area contributed by atoms with Crippen molar-refractivity contribution >= 4 is 0 Å². The molecule has 3 rings (SSSR count). The largest absolute Gasteiger partial charge is 0.493 e. The second-order valence-electron chi connectivity index (χ2n) is 6.09. The lowest BCUT2D eigenvalue weighted by Gasteiger charge is -2.11. The van der Waals surface area contributed by atoms with Gasteiger partial charge in [0, 0.05) is 5.56 Å². The summed E-state index contributed by atoms with van der Waals surface area (Å²) in [5, 5.41) is 8.16. The van der Waals surface area contributed by atoms with Gasteiger partial charge in [0.15, 0.2) is 18.1 Å². The molecule has 0 radical (unpaired) electrons. The van der Waals surface area contributed by atoms with Gasteiger partial charge in [0.25, 0.3) is 5.89 Å². The van der Waals surface area contributed by atoms with E-state index in [9.17, 15) is 0 Å². The molecular formula is C20H22N2O4. The van der Waals surface area contributed by atoms with Crippen molar-refractivity contribution in [1.29, 1.82) is 0 Å². The van der Waals surface area contributed by atoms with Gasteiger partial charge in [0.2, 0.25) is 5.89 Å². The highest BCUT2D eigenvalue weighted by atomic mass is 16.5. The van der Waals surface area contributed by atoms with E-state index in [4.69, 9.17) is 18.6 Å². The Morgan fingerprint density at radius 1 is 0.885 bits per heavy atom. The van der Waals surface area contributed by atoms with E-state index in [2.05, 4.69) is 29.3 Å². The fourth-order valence-corrected chi connectivity index (χ4v) is 2.93. The zero-order valence-electron chi connectivity index (χ0n) is 15.6. The zero-order valence-corrected chi connectivity index (χ0v) is 15.6. The first kappa shape index (κ1) is 17.8. The van der Waals surface area contributed by atoms with Crippen LogP contribution in [-0.4, -0.2) is 24.4 Å². The molecule has 0 N–H and O–H groups in total. The zero-order chi connectivity index (χ0) is 18.7. The van der Waals surface area contributed by atoms with Gasteiger partial charge < -0.3 is 18.6 Å². The molecule has 0 aliphatic heterocycles. The Bertz CT molecular complexity index is 895. The van der Waals surface area contributed by atoms with Gasteiger partial charge in [-0.05, 0) is 50.1 Å². The lowest BCUT2D eigenvalue weighted by molar-refractivity contribution is 0.261. The number of aromatic nitrogens is 2. The molecule has 0 saturated heterocycles. The molecule has 0 aliphatic carbocycles. The van der Waals surface area contributed by atoms with Crippen molar-refractivity contribution in [3.05, 3.63) is 52.9 Å².